The summed E-state index contributed by atoms with van der Waals surface area (Å²) < 4.78 is 0. The van der Waals surface area contributed by atoms with Gasteiger partial charge in [-0.3, -0.25) is 4.79 Å². The van der Waals surface area contributed by atoms with E-state index in [1.165, 1.54) is 0 Å². The molecular formula is C14H20O3. The number of aliphatic hydroxyl groups is 1. The number of carboxylic acid groups (broad SMARTS) is 1. The summed E-state index contributed by atoms with van der Waals surface area (Å²) in [6.45, 7) is 5.66. The van der Waals surface area contributed by atoms with Crippen LogP contribution in [0.15, 0.2) is 24.3 Å². The van der Waals surface area contributed by atoms with E-state index in [4.69, 9.17) is 5.11 Å². The predicted octanol–water partition coefficient (Wildman–Crippen LogP) is 2.22. The van der Waals surface area contributed by atoms with E-state index in [0.717, 1.165) is 11.1 Å². The fraction of sp³-hybridized carbons (Fsp3) is 0.500. The molecule has 1 rings (SSSR count). The molecule has 1 unspecified atom stereocenters. The number of carboxylic acids is 1. The molecule has 0 radical (unpaired) electrons. The predicted molar refractivity (Wildman–Crippen MR) is 67.1 cm³/mol. The Morgan fingerprint density at radius 1 is 1.35 bits per heavy atom. The molecule has 3 nitrogen and oxygen atoms in total. The Hall–Kier alpha value is -1.35. The molecule has 0 saturated carbocycles. The summed E-state index contributed by atoms with van der Waals surface area (Å²) in [5, 5.41) is 18.3. The standard InChI is InChI=1S/C14H20O3/c1-10(13(16)17)8-11-6-4-5-7-12(11)14(2,3)9-15/h4-7,10,15H,8-9H2,1-3H3,(H,16,17). The van der Waals surface area contributed by atoms with Gasteiger partial charge in [0.1, 0.15) is 0 Å². The Balaban J connectivity index is 3.04. The highest BCUT2D eigenvalue weighted by molar-refractivity contribution is 5.70. The first kappa shape index (κ1) is 13.7. The number of hydrogen-bond donors (Lipinski definition) is 2. The van der Waals surface area contributed by atoms with Crippen LogP contribution in [0.25, 0.3) is 0 Å². The molecule has 0 fully saturated rings. The van der Waals surface area contributed by atoms with Crippen molar-refractivity contribution >= 4 is 5.97 Å². The minimum absolute atomic E-state index is 0.0471. The molecule has 1 atom stereocenters. The van der Waals surface area contributed by atoms with Crippen LogP contribution >= 0.6 is 0 Å². The van der Waals surface area contributed by atoms with Crippen LogP contribution in [0.1, 0.15) is 31.9 Å². The van der Waals surface area contributed by atoms with Crippen molar-refractivity contribution < 1.29 is 15.0 Å². The van der Waals surface area contributed by atoms with Gasteiger partial charge in [-0.2, -0.15) is 0 Å². The number of benzene rings is 1. The monoisotopic (exact) mass is 236 g/mol. The Morgan fingerprint density at radius 3 is 2.47 bits per heavy atom. The van der Waals surface area contributed by atoms with Gasteiger partial charge in [0.05, 0.1) is 12.5 Å². The number of hydrogen-bond acceptors (Lipinski definition) is 2. The molecule has 0 amide bonds. The molecule has 17 heavy (non-hydrogen) atoms. The van der Waals surface area contributed by atoms with E-state index in [2.05, 4.69) is 0 Å². The second kappa shape index (κ2) is 5.32. The Kier molecular flexibility index (Phi) is 4.29. The number of aliphatic carboxylic acids is 1. The summed E-state index contributed by atoms with van der Waals surface area (Å²) in [7, 11) is 0. The maximum absolute atomic E-state index is 10.9. The molecule has 0 aliphatic rings. The lowest BCUT2D eigenvalue weighted by Gasteiger charge is -2.26. The topological polar surface area (TPSA) is 57.5 Å². The average molecular weight is 236 g/mol. The molecule has 1 aromatic carbocycles. The van der Waals surface area contributed by atoms with Crippen LogP contribution < -0.4 is 0 Å². The fourth-order valence-electron chi connectivity index (χ4n) is 1.86. The third-order valence-corrected chi connectivity index (χ3v) is 3.09. The van der Waals surface area contributed by atoms with Crippen molar-refractivity contribution in [3.05, 3.63) is 35.4 Å². The van der Waals surface area contributed by atoms with Crippen molar-refractivity contribution in [1.82, 2.24) is 0 Å². The minimum Gasteiger partial charge on any atom is -0.481 e. The van der Waals surface area contributed by atoms with Crippen molar-refractivity contribution in [3.63, 3.8) is 0 Å². The summed E-state index contributed by atoms with van der Waals surface area (Å²) in [5.41, 5.74) is 1.69. The third kappa shape index (κ3) is 3.30. The number of aliphatic hydroxyl groups excluding tert-OH is 1. The van der Waals surface area contributed by atoms with Crippen molar-refractivity contribution in [3.8, 4) is 0 Å². The van der Waals surface area contributed by atoms with Gasteiger partial charge in [0.15, 0.2) is 0 Å². The average Bonchev–Trinajstić information content (AvgIpc) is 2.29. The molecule has 0 heterocycles. The van der Waals surface area contributed by atoms with E-state index in [1.54, 1.807) is 6.92 Å². The number of rotatable bonds is 5. The molecule has 0 bridgehead atoms. The normalized spacial score (nSPS) is 13.4. The summed E-state index contributed by atoms with van der Waals surface area (Å²) in [4.78, 5) is 10.9. The number of carbonyl (C=O) groups is 1. The van der Waals surface area contributed by atoms with Crippen molar-refractivity contribution in [1.29, 1.82) is 0 Å². The van der Waals surface area contributed by atoms with Gasteiger partial charge in [-0.25, -0.2) is 0 Å². The maximum atomic E-state index is 10.9. The minimum atomic E-state index is -0.790. The van der Waals surface area contributed by atoms with E-state index >= 15 is 0 Å². The van der Waals surface area contributed by atoms with Crippen LogP contribution in [-0.2, 0) is 16.6 Å². The lowest BCUT2D eigenvalue weighted by Crippen LogP contribution is -2.25. The first-order chi connectivity index (χ1) is 7.88. The van der Waals surface area contributed by atoms with E-state index < -0.39 is 11.9 Å². The fourth-order valence-corrected chi connectivity index (χ4v) is 1.86. The van der Waals surface area contributed by atoms with E-state index in [1.807, 2.05) is 38.1 Å². The lowest BCUT2D eigenvalue weighted by molar-refractivity contribution is -0.141. The van der Waals surface area contributed by atoms with Crippen LogP contribution in [0.3, 0.4) is 0 Å². The maximum Gasteiger partial charge on any atom is 0.306 e. The molecular weight excluding hydrogens is 216 g/mol. The zero-order chi connectivity index (χ0) is 13.1. The van der Waals surface area contributed by atoms with Crippen molar-refractivity contribution in [2.45, 2.75) is 32.6 Å². The zero-order valence-electron chi connectivity index (χ0n) is 10.6. The van der Waals surface area contributed by atoms with Crippen LogP contribution in [0.5, 0.6) is 0 Å². The van der Waals surface area contributed by atoms with Crippen LogP contribution in [0.4, 0.5) is 0 Å². The van der Waals surface area contributed by atoms with Crippen molar-refractivity contribution in [2.24, 2.45) is 5.92 Å². The summed E-state index contributed by atoms with van der Waals surface area (Å²) in [6.07, 6.45) is 0.495. The first-order valence-corrected chi connectivity index (χ1v) is 5.80. The highest BCUT2D eigenvalue weighted by Gasteiger charge is 2.23. The highest BCUT2D eigenvalue weighted by atomic mass is 16.4. The largest absolute Gasteiger partial charge is 0.481 e. The van der Waals surface area contributed by atoms with E-state index in [0.29, 0.717) is 6.42 Å². The molecule has 0 saturated heterocycles. The molecule has 0 aliphatic carbocycles. The van der Waals surface area contributed by atoms with Gasteiger partial charge in [-0.1, -0.05) is 45.0 Å². The summed E-state index contributed by atoms with van der Waals surface area (Å²) in [6, 6.07) is 7.72. The van der Waals surface area contributed by atoms with E-state index in [-0.39, 0.29) is 12.0 Å². The van der Waals surface area contributed by atoms with Crippen LogP contribution in [0.2, 0.25) is 0 Å². The van der Waals surface area contributed by atoms with Gasteiger partial charge in [-0.05, 0) is 17.5 Å². The van der Waals surface area contributed by atoms with Gasteiger partial charge < -0.3 is 10.2 Å². The smallest absolute Gasteiger partial charge is 0.306 e. The van der Waals surface area contributed by atoms with Gasteiger partial charge in [-0.15, -0.1) is 0 Å². The Bertz CT molecular complexity index is 396. The second-order valence-corrected chi connectivity index (χ2v) is 5.14. The van der Waals surface area contributed by atoms with E-state index in [9.17, 15) is 9.90 Å². The third-order valence-electron chi connectivity index (χ3n) is 3.09. The summed E-state index contributed by atoms with van der Waals surface area (Å²) in [5.74, 6) is -1.20. The molecule has 94 valence electrons. The molecule has 3 heteroatoms. The van der Waals surface area contributed by atoms with Crippen LogP contribution in [-0.4, -0.2) is 22.8 Å². The highest BCUT2D eigenvalue weighted by Crippen LogP contribution is 2.27. The Labute approximate surface area is 102 Å². The van der Waals surface area contributed by atoms with Gasteiger partial charge in [0.2, 0.25) is 0 Å². The Morgan fingerprint density at radius 2 is 1.94 bits per heavy atom. The van der Waals surface area contributed by atoms with Gasteiger partial charge in [0.25, 0.3) is 0 Å². The molecule has 1 aromatic rings. The quantitative estimate of drug-likeness (QED) is 0.824. The molecule has 2 N–H and O–H groups in total. The van der Waals surface area contributed by atoms with Gasteiger partial charge in [0, 0.05) is 5.41 Å². The van der Waals surface area contributed by atoms with Crippen LogP contribution in [0, 0.1) is 5.92 Å². The summed E-state index contributed by atoms with van der Waals surface area (Å²) >= 11 is 0. The van der Waals surface area contributed by atoms with Gasteiger partial charge >= 0.3 is 5.97 Å². The zero-order valence-corrected chi connectivity index (χ0v) is 10.6. The SMILES string of the molecule is CC(Cc1ccccc1C(C)(C)CO)C(=O)O. The first-order valence-electron chi connectivity index (χ1n) is 5.80. The molecule has 0 aliphatic heterocycles. The molecule has 0 spiro atoms. The lowest BCUT2D eigenvalue weighted by atomic mass is 9.80. The second-order valence-electron chi connectivity index (χ2n) is 5.14. The van der Waals surface area contributed by atoms with Crippen molar-refractivity contribution in [2.75, 3.05) is 6.61 Å². The molecule has 0 aromatic heterocycles.